The minimum Gasteiger partial charge on any atom is -0.333 e. The van der Waals surface area contributed by atoms with E-state index < -0.39 is 17.4 Å². The van der Waals surface area contributed by atoms with Crippen molar-refractivity contribution in [2.75, 3.05) is 7.05 Å². The molecule has 1 atom stereocenters. The van der Waals surface area contributed by atoms with Gasteiger partial charge >= 0.3 is 0 Å². The predicted octanol–water partition coefficient (Wildman–Crippen LogP) is 1.44. The molecule has 0 unspecified atom stereocenters. The van der Waals surface area contributed by atoms with Crippen LogP contribution in [0.2, 0.25) is 0 Å². The molecule has 1 heterocycles. The van der Waals surface area contributed by atoms with Crippen LogP contribution in [0, 0.1) is 6.92 Å². The highest BCUT2D eigenvalue weighted by Gasteiger charge is 2.54. The van der Waals surface area contributed by atoms with Crippen molar-refractivity contribution in [1.82, 2.24) is 10.4 Å². The molecule has 1 fully saturated rings. The number of carbonyl (C=O) groups is 2. The maximum Gasteiger partial charge on any atom is 0.265 e. The molecule has 1 saturated carbocycles. The van der Waals surface area contributed by atoms with Crippen molar-refractivity contribution in [3.05, 3.63) is 21.9 Å². The highest BCUT2D eigenvalue weighted by atomic mass is 32.1. The fraction of sp³-hybridized carbons (Fsp3) is 0.538. The molecule has 19 heavy (non-hydrogen) atoms. The molecule has 2 N–H and O–H groups in total. The number of nitrogens with one attached hydrogen (secondary N) is 1. The van der Waals surface area contributed by atoms with E-state index in [0.29, 0.717) is 0 Å². The molecule has 0 radical (unpaired) electrons. The van der Waals surface area contributed by atoms with E-state index in [0.717, 1.165) is 17.7 Å². The number of rotatable bonds is 4. The average molecular weight is 282 g/mol. The largest absolute Gasteiger partial charge is 0.333 e. The van der Waals surface area contributed by atoms with Gasteiger partial charge in [-0.1, -0.05) is 0 Å². The number of carbonyl (C=O) groups excluding carboxylic acids is 2. The van der Waals surface area contributed by atoms with Gasteiger partial charge in [0.05, 0.1) is 5.41 Å². The van der Waals surface area contributed by atoms with Gasteiger partial charge in [-0.25, -0.2) is 5.48 Å². The first-order valence-electron chi connectivity index (χ1n) is 6.20. The van der Waals surface area contributed by atoms with Gasteiger partial charge in [-0.05, 0) is 38.8 Å². The lowest BCUT2D eigenvalue weighted by Crippen LogP contribution is -2.48. The second-order valence-electron chi connectivity index (χ2n) is 5.06. The van der Waals surface area contributed by atoms with Crippen LogP contribution in [-0.2, 0) is 15.0 Å². The predicted molar refractivity (Wildman–Crippen MR) is 72.1 cm³/mol. The van der Waals surface area contributed by atoms with E-state index in [-0.39, 0.29) is 5.91 Å². The first kappa shape index (κ1) is 14.0. The van der Waals surface area contributed by atoms with Gasteiger partial charge < -0.3 is 4.90 Å². The van der Waals surface area contributed by atoms with Crippen LogP contribution in [0.4, 0.5) is 0 Å². The van der Waals surface area contributed by atoms with Crippen LogP contribution in [0.3, 0.4) is 0 Å². The number of likely N-dealkylation sites (N-methyl/N-ethyl adjacent to an activating group) is 1. The van der Waals surface area contributed by atoms with Crippen molar-refractivity contribution in [2.24, 2.45) is 0 Å². The third-order valence-electron chi connectivity index (χ3n) is 3.76. The van der Waals surface area contributed by atoms with Gasteiger partial charge in [-0.15, -0.1) is 11.3 Å². The molecule has 6 heteroatoms. The van der Waals surface area contributed by atoms with E-state index in [4.69, 9.17) is 5.21 Å². The first-order chi connectivity index (χ1) is 8.92. The lowest BCUT2D eigenvalue weighted by atomic mass is 10.0. The molecule has 1 aromatic heterocycles. The molecular formula is C13H18N2O3S. The van der Waals surface area contributed by atoms with Crippen LogP contribution in [0.1, 0.15) is 29.5 Å². The number of aryl methyl sites for hydroxylation is 1. The maximum absolute atomic E-state index is 12.6. The third kappa shape index (κ3) is 2.37. The Morgan fingerprint density at radius 2 is 2.11 bits per heavy atom. The molecule has 1 aliphatic rings. The van der Waals surface area contributed by atoms with E-state index in [1.54, 1.807) is 30.8 Å². The van der Waals surface area contributed by atoms with Gasteiger partial charge in [-0.2, -0.15) is 0 Å². The van der Waals surface area contributed by atoms with Crippen LogP contribution in [0.25, 0.3) is 0 Å². The number of hydroxylamine groups is 1. The van der Waals surface area contributed by atoms with Gasteiger partial charge in [0.2, 0.25) is 5.91 Å². The summed E-state index contributed by atoms with van der Waals surface area (Å²) >= 11 is 1.63. The zero-order chi connectivity index (χ0) is 14.2. The molecule has 0 saturated heterocycles. The minimum atomic E-state index is -0.684. The van der Waals surface area contributed by atoms with Gasteiger partial charge in [0.1, 0.15) is 6.04 Å². The summed E-state index contributed by atoms with van der Waals surface area (Å²) in [4.78, 5) is 27.6. The summed E-state index contributed by atoms with van der Waals surface area (Å²) in [5, 5.41) is 8.64. The van der Waals surface area contributed by atoms with E-state index in [1.807, 2.05) is 19.1 Å². The summed E-state index contributed by atoms with van der Waals surface area (Å²) in [6, 6.07) is 3.32. The number of hydrogen-bond donors (Lipinski definition) is 2. The zero-order valence-electron chi connectivity index (χ0n) is 11.3. The van der Waals surface area contributed by atoms with E-state index in [9.17, 15) is 9.59 Å². The molecule has 2 rings (SSSR count). The van der Waals surface area contributed by atoms with Crippen LogP contribution in [-0.4, -0.2) is 35.0 Å². The van der Waals surface area contributed by atoms with Crippen LogP contribution < -0.4 is 5.48 Å². The van der Waals surface area contributed by atoms with E-state index in [1.165, 1.54) is 9.78 Å². The van der Waals surface area contributed by atoms with Crippen LogP contribution >= 0.6 is 11.3 Å². The standard InChI is InChI=1S/C13H18N2O3S/c1-8-4-5-10(19-8)13(6-7-13)12(17)15(3)9(2)11(16)14-18/h4-5,9,18H,6-7H2,1-3H3,(H,14,16)/t9-/m1/s1. The topological polar surface area (TPSA) is 69.6 Å². The Balaban J connectivity index is 2.18. The second-order valence-corrected chi connectivity index (χ2v) is 6.35. The van der Waals surface area contributed by atoms with Crippen molar-refractivity contribution < 1.29 is 14.8 Å². The van der Waals surface area contributed by atoms with Crippen LogP contribution in [0.15, 0.2) is 12.1 Å². The maximum atomic E-state index is 12.6. The Kier molecular flexibility index (Phi) is 3.64. The molecule has 0 aromatic carbocycles. The Morgan fingerprint density at radius 1 is 1.47 bits per heavy atom. The van der Waals surface area contributed by atoms with Gasteiger partial charge in [-0.3, -0.25) is 14.8 Å². The fourth-order valence-corrected chi connectivity index (χ4v) is 3.27. The van der Waals surface area contributed by atoms with Crippen molar-refractivity contribution >= 4 is 23.2 Å². The van der Waals surface area contributed by atoms with Gasteiger partial charge in [0.25, 0.3) is 5.91 Å². The van der Waals surface area contributed by atoms with Crippen molar-refractivity contribution in [2.45, 2.75) is 38.1 Å². The number of thiophene rings is 1. The monoisotopic (exact) mass is 282 g/mol. The lowest BCUT2D eigenvalue weighted by Gasteiger charge is -2.27. The van der Waals surface area contributed by atoms with Crippen LogP contribution in [0.5, 0.6) is 0 Å². The first-order valence-corrected chi connectivity index (χ1v) is 7.02. The smallest absolute Gasteiger partial charge is 0.265 e. The van der Waals surface area contributed by atoms with Crippen molar-refractivity contribution in [3.8, 4) is 0 Å². The normalized spacial score (nSPS) is 17.7. The molecule has 5 nitrogen and oxygen atoms in total. The number of amides is 2. The molecule has 0 aliphatic heterocycles. The Morgan fingerprint density at radius 3 is 2.53 bits per heavy atom. The quantitative estimate of drug-likeness (QED) is 0.648. The van der Waals surface area contributed by atoms with Crippen molar-refractivity contribution in [3.63, 3.8) is 0 Å². The summed E-state index contributed by atoms with van der Waals surface area (Å²) < 4.78 is 0. The Labute approximate surface area is 116 Å². The Hall–Kier alpha value is -1.40. The SMILES string of the molecule is Cc1ccc(C2(C(=O)N(C)[C@H](C)C(=O)NO)CC2)s1. The highest BCUT2D eigenvalue weighted by Crippen LogP contribution is 2.51. The average Bonchev–Trinajstić information content (AvgIpc) is 3.11. The zero-order valence-corrected chi connectivity index (χ0v) is 12.1. The van der Waals surface area contributed by atoms with Crippen molar-refractivity contribution in [1.29, 1.82) is 0 Å². The Bertz CT molecular complexity index is 508. The molecule has 104 valence electrons. The number of nitrogens with zero attached hydrogens (tertiary/aromatic N) is 1. The summed E-state index contributed by atoms with van der Waals surface area (Å²) in [5.41, 5.74) is 1.14. The molecule has 1 aliphatic carbocycles. The summed E-state index contributed by atoms with van der Waals surface area (Å²) in [6.45, 7) is 3.61. The summed E-state index contributed by atoms with van der Waals surface area (Å²) in [6.07, 6.45) is 1.65. The molecule has 2 amide bonds. The molecular weight excluding hydrogens is 264 g/mol. The third-order valence-corrected chi connectivity index (χ3v) is 4.97. The molecule has 0 spiro atoms. The molecule has 0 bridgehead atoms. The van der Waals surface area contributed by atoms with E-state index in [2.05, 4.69) is 0 Å². The lowest BCUT2D eigenvalue weighted by molar-refractivity contribution is -0.143. The molecule has 1 aromatic rings. The fourth-order valence-electron chi connectivity index (χ4n) is 2.17. The number of hydrogen-bond acceptors (Lipinski definition) is 4. The summed E-state index contributed by atoms with van der Waals surface area (Å²) in [7, 11) is 1.60. The van der Waals surface area contributed by atoms with E-state index >= 15 is 0 Å². The minimum absolute atomic E-state index is 0.0505. The van der Waals surface area contributed by atoms with Gasteiger partial charge in [0, 0.05) is 16.8 Å². The second kappa shape index (κ2) is 4.94. The van der Waals surface area contributed by atoms with Gasteiger partial charge in [0.15, 0.2) is 0 Å². The highest BCUT2D eigenvalue weighted by molar-refractivity contribution is 7.12. The summed E-state index contributed by atoms with van der Waals surface area (Å²) in [5.74, 6) is -0.625.